The van der Waals surface area contributed by atoms with E-state index < -0.39 is 6.04 Å². The molecule has 1 N–H and O–H groups in total. The number of fused-ring (bicyclic) bond motifs is 3. The number of likely N-dealkylation sites (tertiary alicyclic amines) is 1. The molecule has 6 heterocycles. The molecule has 0 saturated carbocycles. The molecule has 1 unspecified atom stereocenters. The van der Waals surface area contributed by atoms with E-state index in [-0.39, 0.29) is 29.6 Å². The zero-order valence-corrected chi connectivity index (χ0v) is 21.4. The number of hydrogen-bond donors (Lipinski definition) is 1. The molecule has 7 rings (SSSR count). The maximum absolute atomic E-state index is 13.2. The Morgan fingerprint density at radius 3 is 2.53 bits per heavy atom. The van der Waals surface area contributed by atoms with Crippen LogP contribution < -0.4 is 15.0 Å². The second kappa shape index (κ2) is 9.04. The normalized spacial score (nSPS) is 24.5. The molecule has 198 valence electrons. The Morgan fingerprint density at radius 1 is 1.03 bits per heavy atom. The van der Waals surface area contributed by atoms with Gasteiger partial charge in [-0.2, -0.15) is 0 Å². The Hall–Kier alpha value is -3.53. The van der Waals surface area contributed by atoms with Gasteiger partial charge in [0.15, 0.2) is 0 Å². The molecule has 5 aliphatic heterocycles. The number of carbonyl (C=O) groups is 3. The molecule has 10 heteroatoms. The van der Waals surface area contributed by atoms with Crippen molar-refractivity contribution in [3.63, 3.8) is 0 Å². The number of nitrogens with zero attached hydrogens (tertiary/aromatic N) is 5. The van der Waals surface area contributed by atoms with Gasteiger partial charge < -0.3 is 14.5 Å². The monoisotopic (exact) mass is 516 g/mol. The van der Waals surface area contributed by atoms with Crippen LogP contribution >= 0.6 is 0 Å². The van der Waals surface area contributed by atoms with Crippen LogP contribution in [-0.2, 0) is 28.1 Å². The summed E-state index contributed by atoms with van der Waals surface area (Å²) in [5.74, 6) is 0.816. The molecule has 10 nitrogen and oxygen atoms in total. The van der Waals surface area contributed by atoms with E-state index in [9.17, 15) is 14.4 Å². The summed E-state index contributed by atoms with van der Waals surface area (Å²) in [6.07, 6.45) is 8.94. The summed E-state index contributed by atoms with van der Waals surface area (Å²) in [6.45, 7) is 5.86. The highest BCUT2D eigenvalue weighted by Gasteiger charge is 2.46. The number of nitrogens with one attached hydrogen (secondary N) is 1. The van der Waals surface area contributed by atoms with E-state index in [0.717, 1.165) is 68.4 Å². The Bertz CT molecular complexity index is 1300. The number of anilines is 1. The molecular weight excluding hydrogens is 484 g/mol. The van der Waals surface area contributed by atoms with Crippen LogP contribution in [0.4, 0.5) is 5.95 Å². The van der Waals surface area contributed by atoms with Crippen LogP contribution in [0.2, 0.25) is 0 Å². The summed E-state index contributed by atoms with van der Waals surface area (Å²) in [6, 6.07) is 3.41. The van der Waals surface area contributed by atoms with E-state index in [2.05, 4.69) is 31.2 Å². The van der Waals surface area contributed by atoms with Gasteiger partial charge in [-0.05, 0) is 62.9 Å². The fourth-order valence-corrected chi connectivity index (χ4v) is 6.74. The number of ether oxygens (including phenoxy) is 1. The SMILES string of the molecule is O=C1CCC(N2Cc3cc4c(cc3C2=O)OCC42CCN(Cc3cnc(N4CCCC4)nc3)CC2)C(=O)N1. The largest absolute Gasteiger partial charge is 0.492 e. The molecule has 2 aromatic rings. The highest BCUT2D eigenvalue weighted by molar-refractivity contribution is 6.05. The summed E-state index contributed by atoms with van der Waals surface area (Å²) < 4.78 is 6.16. The average molecular weight is 517 g/mol. The molecular formula is C28H32N6O4. The van der Waals surface area contributed by atoms with Crippen LogP contribution in [0.5, 0.6) is 5.75 Å². The number of aromatic nitrogens is 2. The van der Waals surface area contributed by atoms with Crippen LogP contribution in [0.1, 0.15) is 65.6 Å². The summed E-state index contributed by atoms with van der Waals surface area (Å²) >= 11 is 0. The Balaban J connectivity index is 1.03. The molecule has 1 aromatic carbocycles. The average Bonchev–Trinajstić information content (AvgIpc) is 3.65. The molecule has 0 bridgehead atoms. The first-order valence-electron chi connectivity index (χ1n) is 13.7. The molecule has 38 heavy (non-hydrogen) atoms. The molecule has 3 amide bonds. The third-order valence-corrected chi connectivity index (χ3v) is 9.00. The maximum Gasteiger partial charge on any atom is 0.255 e. The maximum atomic E-state index is 13.2. The molecule has 1 atom stereocenters. The lowest BCUT2D eigenvalue weighted by molar-refractivity contribution is -0.136. The zero-order chi connectivity index (χ0) is 25.9. The van der Waals surface area contributed by atoms with Crippen molar-refractivity contribution < 1.29 is 19.1 Å². The first kappa shape index (κ1) is 23.6. The number of carbonyl (C=O) groups excluding carboxylic acids is 3. The number of rotatable bonds is 4. The van der Waals surface area contributed by atoms with Gasteiger partial charge in [0.1, 0.15) is 11.8 Å². The number of benzene rings is 1. The van der Waals surface area contributed by atoms with Crippen molar-refractivity contribution >= 4 is 23.7 Å². The Kier molecular flexibility index (Phi) is 5.61. The quantitative estimate of drug-likeness (QED) is 0.613. The predicted octanol–water partition coefficient (Wildman–Crippen LogP) is 1.76. The smallest absolute Gasteiger partial charge is 0.255 e. The number of piperidine rings is 2. The molecule has 3 saturated heterocycles. The van der Waals surface area contributed by atoms with Gasteiger partial charge in [0, 0.05) is 67.1 Å². The zero-order valence-electron chi connectivity index (χ0n) is 21.4. The third-order valence-electron chi connectivity index (χ3n) is 9.00. The first-order chi connectivity index (χ1) is 18.5. The van der Waals surface area contributed by atoms with Crippen molar-refractivity contribution in [3.05, 3.63) is 46.8 Å². The van der Waals surface area contributed by atoms with Gasteiger partial charge >= 0.3 is 0 Å². The summed E-state index contributed by atoms with van der Waals surface area (Å²) in [5.41, 5.74) is 3.83. The van der Waals surface area contributed by atoms with Crippen molar-refractivity contribution in [1.29, 1.82) is 0 Å². The van der Waals surface area contributed by atoms with Crippen LogP contribution in [0.15, 0.2) is 24.5 Å². The van der Waals surface area contributed by atoms with Gasteiger partial charge in [0.25, 0.3) is 5.91 Å². The lowest BCUT2D eigenvalue weighted by Gasteiger charge is -2.38. The lowest BCUT2D eigenvalue weighted by Crippen LogP contribution is -2.52. The fourth-order valence-electron chi connectivity index (χ4n) is 6.74. The standard InChI is InChI=1S/C28H32N6O4/c35-24-4-3-22(25(36)31-24)34-16-19-11-21-23(12-20(19)26(34)37)38-17-28(21)5-9-32(10-6-28)15-18-13-29-27(30-14-18)33-7-1-2-8-33/h11-14,22H,1-10,15-17H2,(H,31,35,36). The van der Waals surface area contributed by atoms with Crippen molar-refractivity contribution in [3.8, 4) is 5.75 Å². The lowest BCUT2D eigenvalue weighted by atomic mass is 9.74. The van der Waals surface area contributed by atoms with E-state index >= 15 is 0 Å². The number of hydrogen-bond acceptors (Lipinski definition) is 8. The fraction of sp³-hybridized carbons (Fsp3) is 0.536. The van der Waals surface area contributed by atoms with Crippen LogP contribution in [-0.4, -0.2) is 76.3 Å². The minimum Gasteiger partial charge on any atom is -0.492 e. The molecule has 1 aromatic heterocycles. The molecule has 5 aliphatic rings. The molecule has 0 radical (unpaired) electrons. The highest BCUT2D eigenvalue weighted by atomic mass is 16.5. The van der Waals surface area contributed by atoms with Gasteiger partial charge in [-0.3, -0.25) is 24.6 Å². The van der Waals surface area contributed by atoms with Crippen LogP contribution in [0.3, 0.4) is 0 Å². The Morgan fingerprint density at radius 2 is 1.79 bits per heavy atom. The van der Waals surface area contributed by atoms with Crippen LogP contribution in [0, 0.1) is 0 Å². The van der Waals surface area contributed by atoms with Crippen LogP contribution in [0.25, 0.3) is 0 Å². The number of imide groups is 1. The minimum absolute atomic E-state index is 0.0535. The third kappa shape index (κ3) is 3.93. The van der Waals surface area contributed by atoms with Gasteiger partial charge in [-0.1, -0.05) is 0 Å². The molecule has 0 aliphatic carbocycles. The number of amides is 3. The van der Waals surface area contributed by atoms with E-state index in [4.69, 9.17) is 4.74 Å². The van der Waals surface area contributed by atoms with Crippen molar-refractivity contribution in [2.24, 2.45) is 0 Å². The predicted molar refractivity (Wildman–Crippen MR) is 138 cm³/mol. The first-order valence-corrected chi connectivity index (χ1v) is 13.7. The van der Waals surface area contributed by atoms with Gasteiger partial charge in [0.05, 0.1) is 6.61 Å². The highest BCUT2D eigenvalue weighted by Crippen LogP contribution is 2.48. The van der Waals surface area contributed by atoms with Gasteiger partial charge in [-0.15, -0.1) is 0 Å². The van der Waals surface area contributed by atoms with Crippen molar-refractivity contribution in [2.75, 3.05) is 37.7 Å². The summed E-state index contributed by atoms with van der Waals surface area (Å²) in [4.78, 5) is 52.7. The van der Waals surface area contributed by atoms with Gasteiger partial charge in [0.2, 0.25) is 17.8 Å². The molecule has 3 fully saturated rings. The van der Waals surface area contributed by atoms with Crippen molar-refractivity contribution in [2.45, 2.75) is 63.1 Å². The van der Waals surface area contributed by atoms with E-state index in [0.29, 0.717) is 25.1 Å². The molecule has 1 spiro atoms. The van der Waals surface area contributed by atoms with E-state index in [1.807, 2.05) is 18.5 Å². The second-order valence-electron chi connectivity index (χ2n) is 11.3. The second-order valence-corrected chi connectivity index (χ2v) is 11.3. The van der Waals surface area contributed by atoms with E-state index in [1.54, 1.807) is 4.90 Å². The minimum atomic E-state index is -0.603. The summed E-state index contributed by atoms with van der Waals surface area (Å²) in [5, 5.41) is 2.37. The van der Waals surface area contributed by atoms with Gasteiger partial charge in [-0.25, -0.2) is 9.97 Å². The summed E-state index contributed by atoms with van der Waals surface area (Å²) in [7, 11) is 0. The van der Waals surface area contributed by atoms with Crippen molar-refractivity contribution in [1.82, 2.24) is 25.1 Å². The Labute approximate surface area is 221 Å². The van der Waals surface area contributed by atoms with E-state index in [1.165, 1.54) is 18.4 Å². The topological polar surface area (TPSA) is 108 Å².